The van der Waals surface area contributed by atoms with Crippen LogP contribution in [0.4, 0.5) is 4.39 Å². The molecular weight excluding hydrogens is 411 g/mol. The lowest BCUT2D eigenvalue weighted by molar-refractivity contribution is -0.139. The van der Waals surface area contributed by atoms with Crippen LogP contribution in [0.15, 0.2) is 48.5 Å². The quantitative estimate of drug-likeness (QED) is 0.589. The molecule has 29 heavy (non-hydrogen) atoms. The van der Waals surface area contributed by atoms with Crippen LogP contribution in [0, 0.1) is 5.82 Å². The summed E-state index contributed by atoms with van der Waals surface area (Å²) in [6.07, 6.45) is 0.522. The van der Waals surface area contributed by atoms with Crippen molar-refractivity contribution in [3.63, 3.8) is 0 Å². The van der Waals surface area contributed by atoms with Crippen LogP contribution in [0.1, 0.15) is 31.4 Å². The fourth-order valence-corrected chi connectivity index (χ4v) is 3.91. The zero-order chi connectivity index (χ0) is 21.2. The van der Waals surface area contributed by atoms with Crippen LogP contribution in [-0.4, -0.2) is 35.1 Å². The molecule has 1 atom stereocenters. The number of nitrogens with zero attached hydrogens (tertiary/aromatic N) is 1. The van der Waals surface area contributed by atoms with E-state index in [1.54, 1.807) is 29.2 Å². The van der Waals surface area contributed by atoms with Gasteiger partial charge in [0.15, 0.2) is 0 Å². The second-order valence-corrected chi connectivity index (χ2v) is 8.01. The van der Waals surface area contributed by atoms with Crippen molar-refractivity contribution >= 4 is 35.2 Å². The number of halogens is 2. The molecule has 0 saturated carbocycles. The predicted molar refractivity (Wildman–Crippen MR) is 117 cm³/mol. The Hall–Kier alpha value is -2.05. The van der Waals surface area contributed by atoms with E-state index in [0.29, 0.717) is 30.3 Å². The Kier molecular flexibility index (Phi) is 9.48. The molecule has 0 fully saturated rings. The lowest BCUT2D eigenvalue weighted by Gasteiger charge is -2.30. The van der Waals surface area contributed by atoms with Crippen molar-refractivity contribution in [1.29, 1.82) is 0 Å². The molecule has 4 nitrogen and oxygen atoms in total. The van der Waals surface area contributed by atoms with Gasteiger partial charge in [-0.1, -0.05) is 42.8 Å². The van der Waals surface area contributed by atoms with Gasteiger partial charge in [0.25, 0.3) is 0 Å². The first-order valence-electron chi connectivity index (χ1n) is 9.58. The molecule has 2 aromatic rings. The van der Waals surface area contributed by atoms with Crippen molar-refractivity contribution in [3.8, 4) is 0 Å². The maximum atomic E-state index is 13.0. The second kappa shape index (κ2) is 11.8. The Balaban J connectivity index is 2.08. The zero-order valence-electron chi connectivity index (χ0n) is 16.7. The van der Waals surface area contributed by atoms with Gasteiger partial charge in [-0.15, -0.1) is 11.8 Å². The van der Waals surface area contributed by atoms with Gasteiger partial charge < -0.3 is 10.2 Å². The molecule has 2 rings (SSSR count). The van der Waals surface area contributed by atoms with Gasteiger partial charge >= 0.3 is 0 Å². The summed E-state index contributed by atoms with van der Waals surface area (Å²) < 4.78 is 13.0. The van der Waals surface area contributed by atoms with Gasteiger partial charge in [-0.25, -0.2) is 4.39 Å². The Morgan fingerprint density at radius 2 is 1.69 bits per heavy atom. The van der Waals surface area contributed by atoms with Crippen molar-refractivity contribution < 1.29 is 14.0 Å². The van der Waals surface area contributed by atoms with E-state index in [2.05, 4.69) is 5.32 Å². The molecule has 0 aliphatic heterocycles. The van der Waals surface area contributed by atoms with Crippen LogP contribution >= 0.6 is 23.4 Å². The number of amides is 2. The van der Waals surface area contributed by atoms with Crippen LogP contribution < -0.4 is 5.32 Å². The summed E-state index contributed by atoms with van der Waals surface area (Å²) in [7, 11) is 0. The first-order chi connectivity index (χ1) is 13.9. The van der Waals surface area contributed by atoms with Gasteiger partial charge in [0.1, 0.15) is 11.9 Å². The third-order valence-electron chi connectivity index (χ3n) is 4.41. The number of carbonyl (C=O) groups is 2. The van der Waals surface area contributed by atoms with Crippen LogP contribution in [0.2, 0.25) is 5.02 Å². The highest BCUT2D eigenvalue weighted by Crippen LogP contribution is 2.18. The van der Waals surface area contributed by atoms with Crippen LogP contribution in [0.25, 0.3) is 0 Å². The highest BCUT2D eigenvalue weighted by molar-refractivity contribution is 7.99. The van der Waals surface area contributed by atoms with Gasteiger partial charge in [-0.05, 0) is 48.7 Å². The number of thioether (sulfide) groups is 1. The molecule has 0 aliphatic rings. The molecule has 0 aliphatic carbocycles. The normalized spacial score (nSPS) is 11.7. The van der Waals surface area contributed by atoms with Crippen LogP contribution in [0.5, 0.6) is 0 Å². The Labute approximate surface area is 180 Å². The van der Waals surface area contributed by atoms with Gasteiger partial charge in [0.2, 0.25) is 11.8 Å². The van der Waals surface area contributed by atoms with E-state index in [9.17, 15) is 14.0 Å². The maximum absolute atomic E-state index is 13.0. The van der Waals surface area contributed by atoms with E-state index in [-0.39, 0.29) is 23.4 Å². The smallest absolute Gasteiger partial charge is 0.242 e. The maximum Gasteiger partial charge on any atom is 0.242 e. The average molecular weight is 437 g/mol. The predicted octanol–water partition coefficient (Wildman–Crippen LogP) is 4.66. The van der Waals surface area contributed by atoms with Gasteiger partial charge in [-0.2, -0.15) is 0 Å². The minimum Gasteiger partial charge on any atom is -0.355 e. The molecule has 0 unspecified atom stereocenters. The summed E-state index contributed by atoms with van der Waals surface area (Å²) >= 11 is 7.41. The third kappa shape index (κ3) is 7.37. The Morgan fingerprint density at radius 3 is 2.28 bits per heavy atom. The average Bonchev–Trinajstić information content (AvgIpc) is 2.71. The topological polar surface area (TPSA) is 49.4 Å². The summed E-state index contributed by atoms with van der Waals surface area (Å²) in [4.78, 5) is 27.2. The highest BCUT2D eigenvalue weighted by Gasteiger charge is 2.28. The summed E-state index contributed by atoms with van der Waals surface area (Å²) in [5.74, 6) is 0.294. The number of hydrogen-bond donors (Lipinski definition) is 1. The van der Waals surface area contributed by atoms with E-state index in [0.717, 1.165) is 11.1 Å². The first-order valence-corrected chi connectivity index (χ1v) is 11.1. The molecule has 2 amide bonds. The van der Waals surface area contributed by atoms with Crippen molar-refractivity contribution in [3.05, 3.63) is 70.5 Å². The minimum absolute atomic E-state index is 0.106. The zero-order valence-corrected chi connectivity index (χ0v) is 18.2. The van der Waals surface area contributed by atoms with E-state index < -0.39 is 6.04 Å². The molecule has 0 bridgehead atoms. The van der Waals surface area contributed by atoms with Gasteiger partial charge in [-0.3, -0.25) is 9.59 Å². The molecule has 0 saturated heterocycles. The van der Waals surface area contributed by atoms with E-state index >= 15 is 0 Å². The molecule has 7 heteroatoms. The lowest BCUT2D eigenvalue weighted by Crippen LogP contribution is -2.49. The molecule has 0 radical (unpaired) electrons. The third-order valence-corrected chi connectivity index (χ3v) is 5.65. The molecule has 0 heterocycles. The van der Waals surface area contributed by atoms with Crippen LogP contribution in [-0.2, 0) is 21.9 Å². The highest BCUT2D eigenvalue weighted by atomic mass is 35.5. The Bertz CT molecular complexity index is 799. The number of rotatable bonds is 10. The van der Waals surface area contributed by atoms with E-state index in [1.807, 2.05) is 26.0 Å². The number of hydrogen-bond acceptors (Lipinski definition) is 3. The number of nitrogens with one attached hydrogen (secondary N) is 1. The summed E-state index contributed by atoms with van der Waals surface area (Å²) in [5, 5.41) is 3.44. The number of benzene rings is 2. The molecule has 156 valence electrons. The standard InChI is InChI=1S/C22H26ClFN2O2S/c1-3-20(22(28)25-4-2)26(13-16-5-9-18(23)10-6-16)21(27)15-29-14-17-7-11-19(24)12-8-17/h5-12,20H,3-4,13-15H2,1-2H3,(H,25,28)/t20-/m1/s1. The van der Waals surface area contributed by atoms with Gasteiger partial charge in [0.05, 0.1) is 5.75 Å². The van der Waals surface area contributed by atoms with Crippen LogP contribution in [0.3, 0.4) is 0 Å². The van der Waals surface area contributed by atoms with E-state index in [1.165, 1.54) is 23.9 Å². The molecule has 0 aromatic heterocycles. The van der Waals surface area contributed by atoms with Crippen molar-refractivity contribution in [2.75, 3.05) is 12.3 Å². The van der Waals surface area contributed by atoms with E-state index in [4.69, 9.17) is 11.6 Å². The van der Waals surface area contributed by atoms with Crippen molar-refractivity contribution in [2.45, 2.75) is 38.6 Å². The summed E-state index contributed by atoms with van der Waals surface area (Å²) in [5.41, 5.74) is 1.86. The fraction of sp³-hybridized carbons (Fsp3) is 0.364. The molecular formula is C22H26ClFN2O2S. The first kappa shape index (κ1) is 23.2. The summed E-state index contributed by atoms with van der Waals surface area (Å²) in [6.45, 7) is 4.60. The summed E-state index contributed by atoms with van der Waals surface area (Å²) in [6, 6.07) is 13.0. The largest absolute Gasteiger partial charge is 0.355 e. The van der Waals surface area contributed by atoms with Gasteiger partial charge in [0, 0.05) is 23.9 Å². The molecule has 2 aromatic carbocycles. The lowest BCUT2D eigenvalue weighted by atomic mass is 10.1. The fourth-order valence-electron chi connectivity index (χ4n) is 2.92. The number of carbonyl (C=O) groups excluding carboxylic acids is 2. The van der Waals surface area contributed by atoms with Crippen molar-refractivity contribution in [2.24, 2.45) is 0 Å². The second-order valence-electron chi connectivity index (χ2n) is 6.59. The number of likely N-dealkylation sites (N-methyl/N-ethyl adjacent to an activating group) is 1. The monoisotopic (exact) mass is 436 g/mol. The Morgan fingerprint density at radius 1 is 1.07 bits per heavy atom. The SMILES string of the molecule is CCNC(=O)[C@@H](CC)N(Cc1ccc(Cl)cc1)C(=O)CSCc1ccc(F)cc1. The minimum atomic E-state index is -0.537. The molecule has 1 N–H and O–H groups in total. The molecule has 0 spiro atoms. The van der Waals surface area contributed by atoms with Crippen molar-refractivity contribution in [1.82, 2.24) is 10.2 Å².